The molecule has 0 N–H and O–H groups in total. The zero-order valence-electron chi connectivity index (χ0n) is 10.2. The van der Waals surface area contributed by atoms with Gasteiger partial charge < -0.3 is 9.15 Å². The number of esters is 1. The number of hydrogen-bond donors (Lipinski definition) is 0. The lowest BCUT2D eigenvalue weighted by Crippen LogP contribution is -2.04. The first kappa shape index (κ1) is 12.7. The van der Waals surface area contributed by atoms with Gasteiger partial charge in [-0.15, -0.1) is 0 Å². The Morgan fingerprint density at radius 2 is 2.22 bits per heavy atom. The highest BCUT2D eigenvalue weighted by molar-refractivity contribution is 7.99. The average Bonchev–Trinajstić information content (AvgIpc) is 2.81. The minimum Gasteiger partial charge on any atom is -0.461 e. The molecule has 0 bridgehead atoms. The molecule has 0 aliphatic carbocycles. The number of carbonyl (C=O) groups is 1. The SMILES string of the molecule is CCOC(=O)c1coc(Sc2ccccc2C)n1. The molecule has 2 aromatic rings. The second-order valence-electron chi connectivity index (χ2n) is 3.59. The van der Waals surface area contributed by atoms with Gasteiger partial charge in [0.1, 0.15) is 6.26 Å². The lowest BCUT2D eigenvalue weighted by Gasteiger charge is -2.00. The molecule has 1 aromatic carbocycles. The maximum atomic E-state index is 11.4. The summed E-state index contributed by atoms with van der Waals surface area (Å²) in [5.74, 6) is -0.460. The predicted molar refractivity (Wildman–Crippen MR) is 67.8 cm³/mol. The van der Waals surface area contributed by atoms with Crippen molar-refractivity contribution in [2.75, 3.05) is 6.61 Å². The smallest absolute Gasteiger partial charge is 0.360 e. The first-order chi connectivity index (χ1) is 8.70. The van der Waals surface area contributed by atoms with Crippen LogP contribution in [0.1, 0.15) is 23.0 Å². The summed E-state index contributed by atoms with van der Waals surface area (Å²) >= 11 is 1.38. The third-order valence-electron chi connectivity index (χ3n) is 2.26. The summed E-state index contributed by atoms with van der Waals surface area (Å²) in [7, 11) is 0. The monoisotopic (exact) mass is 263 g/mol. The number of benzene rings is 1. The molecular formula is C13H13NO3S. The fourth-order valence-electron chi connectivity index (χ4n) is 1.37. The Bertz CT molecular complexity index is 551. The molecule has 0 saturated carbocycles. The van der Waals surface area contributed by atoms with E-state index in [9.17, 15) is 4.79 Å². The maximum absolute atomic E-state index is 11.4. The Morgan fingerprint density at radius 1 is 1.44 bits per heavy atom. The summed E-state index contributed by atoms with van der Waals surface area (Å²) in [6.07, 6.45) is 1.32. The second kappa shape index (κ2) is 5.73. The van der Waals surface area contributed by atoms with Gasteiger partial charge in [0.25, 0.3) is 5.22 Å². The van der Waals surface area contributed by atoms with Crippen molar-refractivity contribution in [3.05, 3.63) is 41.8 Å². The molecule has 4 nitrogen and oxygen atoms in total. The minimum atomic E-state index is -0.460. The van der Waals surface area contributed by atoms with Crippen LogP contribution in [0, 0.1) is 6.92 Å². The largest absolute Gasteiger partial charge is 0.461 e. The maximum Gasteiger partial charge on any atom is 0.360 e. The summed E-state index contributed by atoms with van der Waals surface area (Å²) in [5, 5.41) is 0.437. The highest BCUT2D eigenvalue weighted by Crippen LogP contribution is 2.29. The van der Waals surface area contributed by atoms with Crippen molar-refractivity contribution in [1.29, 1.82) is 0 Å². The normalized spacial score (nSPS) is 10.3. The van der Waals surface area contributed by atoms with E-state index in [0.29, 0.717) is 11.8 Å². The van der Waals surface area contributed by atoms with Crippen LogP contribution in [0.3, 0.4) is 0 Å². The van der Waals surface area contributed by atoms with Gasteiger partial charge in [0, 0.05) is 4.90 Å². The molecule has 0 spiro atoms. The number of nitrogens with zero attached hydrogens (tertiary/aromatic N) is 1. The van der Waals surface area contributed by atoms with Crippen LogP contribution < -0.4 is 0 Å². The molecule has 2 rings (SSSR count). The Morgan fingerprint density at radius 3 is 2.94 bits per heavy atom. The van der Waals surface area contributed by atoms with E-state index in [-0.39, 0.29) is 5.69 Å². The van der Waals surface area contributed by atoms with Gasteiger partial charge in [-0.2, -0.15) is 4.98 Å². The zero-order chi connectivity index (χ0) is 13.0. The third-order valence-corrected chi connectivity index (χ3v) is 3.30. The molecule has 1 aromatic heterocycles. The lowest BCUT2D eigenvalue weighted by molar-refractivity contribution is 0.0519. The van der Waals surface area contributed by atoms with Gasteiger partial charge in [0.15, 0.2) is 5.69 Å². The van der Waals surface area contributed by atoms with E-state index in [0.717, 1.165) is 10.5 Å². The number of ether oxygens (including phenoxy) is 1. The molecular weight excluding hydrogens is 250 g/mol. The Hall–Kier alpha value is -1.75. The van der Waals surface area contributed by atoms with E-state index in [2.05, 4.69) is 4.98 Å². The Kier molecular flexibility index (Phi) is 4.04. The van der Waals surface area contributed by atoms with Crippen molar-refractivity contribution < 1.29 is 13.9 Å². The highest BCUT2D eigenvalue weighted by atomic mass is 32.2. The first-order valence-corrected chi connectivity index (χ1v) is 6.38. The Labute approximate surface area is 109 Å². The number of rotatable bonds is 4. The fraction of sp³-hybridized carbons (Fsp3) is 0.231. The van der Waals surface area contributed by atoms with Gasteiger partial charge in [0.05, 0.1) is 6.61 Å². The van der Waals surface area contributed by atoms with Crippen LogP contribution in [0.2, 0.25) is 0 Å². The lowest BCUT2D eigenvalue weighted by atomic mass is 10.2. The van der Waals surface area contributed by atoms with Gasteiger partial charge in [0.2, 0.25) is 0 Å². The summed E-state index contributed by atoms with van der Waals surface area (Å²) < 4.78 is 10.1. The van der Waals surface area contributed by atoms with Gasteiger partial charge in [-0.3, -0.25) is 0 Å². The molecule has 0 atom stereocenters. The molecule has 5 heteroatoms. The van der Waals surface area contributed by atoms with Crippen LogP contribution in [0.5, 0.6) is 0 Å². The van der Waals surface area contributed by atoms with E-state index in [4.69, 9.17) is 9.15 Å². The fourth-order valence-corrected chi connectivity index (χ4v) is 2.17. The molecule has 1 heterocycles. The van der Waals surface area contributed by atoms with Crippen LogP contribution in [0.25, 0.3) is 0 Å². The molecule has 0 unspecified atom stereocenters. The average molecular weight is 263 g/mol. The number of aryl methyl sites for hydroxylation is 1. The van der Waals surface area contributed by atoms with Crippen molar-refractivity contribution >= 4 is 17.7 Å². The van der Waals surface area contributed by atoms with Crippen molar-refractivity contribution in [1.82, 2.24) is 4.98 Å². The molecule has 0 amide bonds. The van der Waals surface area contributed by atoms with Crippen LogP contribution in [-0.4, -0.2) is 17.6 Å². The Balaban J connectivity index is 2.12. The van der Waals surface area contributed by atoms with Crippen LogP contribution in [0.4, 0.5) is 0 Å². The zero-order valence-corrected chi connectivity index (χ0v) is 11.0. The highest BCUT2D eigenvalue weighted by Gasteiger charge is 2.14. The number of carbonyl (C=O) groups excluding carboxylic acids is 1. The quantitative estimate of drug-likeness (QED) is 0.792. The number of aromatic nitrogens is 1. The third kappa shape index (κ3) is 2.92. The molecule has 18 heavy (non-hydrogen) atoms. The molecule has 0 fully saturated rings. The first-order valence-electron chi connectivity index (χ1n) is 5.57. The van der Waals surface area contributed by atoms with Crippen LogP contribution in [-0.2, 0) is 4.74 Å². The van der Waals surface area contributed by atoms with Gasteiger partial charge in [-0.1, -0.05) is 18.2 Å². The number of oxazole rings is 1. The van der Waals surface area contributed by atoms with Crippen molar-refractivity contribution in [3.8, 4) is 0 Å². The molecule has 0 saturated heterocycles. The minimum absolute atomic E-state index is 0.202. The molecule has 0 aliphatic heterocycles. The molecule has 0 radical (unpaired) electrons. The van der Waals surface area contributed by atoms with Crippen molar-refractivity contribution in [2.45, 2.75) is 24.0 Å². The van der Waals surface area contributed by atoms with E-state index >= 15 is 0 Å². The topological polar surface area (TPSA) is 52.3 Å². The van der Waals surface area contributed by atoms with E-state index < -0.39 is 5.97 Å². The summed E-state index contributed by atoms with van der Waals surface area (Å²) in [6, 6.07) is 7.91. The second-order valence-corrected chi connectivity index (χ2v) is 4.58. The van der Waals surface area contributed by atoms with E-state index in [1.54, 1.807) is 6.92 Å². The molecule has 0 aliphatic rings. The molecule has 94 valence electrons. The van der Waals surface area contributed by atoms with Crippen LogP contribution >= 0.6 is 11.8 Å². The van der Waals surface area contributed by atoms with E-state index in [1.807, 2.05) is 31.2 Å². The van der Waals surface area contributed by atoms with Crippen molar-refractivity contribution in [3.63, 3.8) is 0 Å². The van der Waals surface area contributed by atoms with Gasteiger partial charge in [-0.25, -0.2) is 4.79 Å². The van der Waals surface area contributed by atoms with Crippen LogP contribution in [0.15, 0.2) is 45.1 Å². The van der Waals surface area contributed by atoms with E-state index in [1.165, 1.54) is 18.0 Å². The van der Waals surface area contributed by atoms with Gasteiger partial charge in [-0.05, 0) is 37.2 Å². The summed E-state index contributed by atoms with van der Waals surface area (Å²) in [5.41, 5.74) is 1.34. The van der Waals surface area contributed by atoms with Gasteiger partial charge >= 0.3 is 5.97 Å². The summed E-state index contributed by atoms with van der Waals surface area (Å²) in [4.78, 5) is 16.6. The standard InChI is InChI=1S/C13H13NO3S/c1-3-16-12(15)10-8-17-13(14-10)18-11-7-5-4-6-9(11)2/h4-8H,3H2,1-2H3. The number of hydrogen-bond acceptors (Lipinski definition) is 5. The predicted octanol–water partition coefficient (Wildman–Crippen LogP) is 3.31. The van der Waals surface area contributed by atoms with Crippen molar-refractivity contribution in [2.24, 2.45) is 0 Å². The summed E-state index contributed by atoms with van der Waals surface area (Å²) in [6.45, 7) is 4.09.